The molecule has 3 fully saturated rings. The van der Waals surface area contributed by atoms with Crippen molar-refractivity contribution in [2.45, 2.75) is 120 Å². The summed E-state index contributed by atoms with van der Waals surface area (Å²) >= 11 is 0. The third kappa shape index (κ3) is 8.70. The quantitative estimate of drug-likeness (QED) is 0.150. The van der Waals surface area contributed by atoms with Crippen molar-refractivity contribution >= 4 is 12.0 Å². The largest absolute Gasteiger partial charge is 0.462 e. The van der Waals surface area contributed by atoms with Crippen LogP contribution in [0.5, 0.6) is 0 Å². The van der Waals surface area contributed by atoms with Crippen molar-refractivity contribution in [1.82, 2.24) is 15.5 Å². The topological polar surface area (TPSA) is 115 Å². The molecule has 4 atom stereocenters. The highest BCUT2D eigenvalue weighted by molar-refractivity contribution is 5.78. The Balaban J connectivity index is 0.990. The second-order valence-electron chi connectivity index (χ2n) is 15.8. The number of hydrogen-bond donors (Lipinski definition) is 3. The maximum absolute atomic E-state index is 13.7. The average molecular weight is 705 g/mol. The Kier molecular flexibility index (Phi) is 12.7. The standard InChI is InChI=1S/C44H56N4O4/c1-31(2)26-41(44(30-45,34-14-8-4-9-15-34)35-16-10-5-11-17-35)47-43(51)46-36-20-18-32(19-21-36)24-25-48-37-22-23-38(48)28-39(27-37)52-42(50)40(29-49)33-12-6-3-7-13-33/h3-17,31-32,36-41,49H,18-29H2,1-2H3,(H2,46,47,51)/t32?,36?,37-,38-,40?,41-/m0/s1. The van der Waals surface area contributed by atoms with Gasteiger partial charge in [-0.1, -0.05) is 105 Å². The van der Waals surface area contributed by atoms with Gasteiger partial charge in [0, 0.05) is 31.0 Å². The lowest BCUT2D eigenvalue weighted by Crippen LogP contribution is -2.55. The number of hydrogen-bond acceptors (Lipinski definition) is 6. The van der Waals surface area contributed by atoms with E-state index in [4.69, 9.17) is 4.74 Å². The van der Waals surface area contributed by atoms with Gasteiger partial charge in [-0.05, 0) is 86.4 Å². The summed E-state index contributed by atoms with van der Waals surface area (Å²) in [7, 11) is 0. The van der Waals surface area contributed by atoms with Gasteiger partial charge in [0.25, 0.3) is 0 Å². The molecule has 2 saturated heterocycles. The molecule has 1 aliphatic carbocycles. The lowest BCUT2D eigenvalue weighted by Gasteiger charge is -2.40. The molecule has 1 saturated carbocycles. The molecule has 2 aliphatic heterocycles. The third-order valence-electron chi connectivity index (χ3n) is 11.9. The first kappa shape index (κ1) is 37.6. The molecule has 0 aromatic heterocycles. The van der Waals surface area contributed by atoms with Crippen LogP contribution in [0.2, 0.25) is 0 Å². The molecule has 1 unspecified atom stereocenters. The number of benzene rings is 3. The number of piperidine rings is 1. The number of ether oxygens (including phenoxy) is 1. The van der Waals surface area contributed by atoms with Crippen LogP contribution in [0.3, 0.4) is 0 Å². The van der Waals surface area contributed by atoms with Crippen LogP contribution in [0, 0.1) is 23.2 Å². The van der Waals surface area contributed by atoms with Crippen LogP contribution in [0.15, 0.2) is 91.0 Å². The first-order valence-corrected chi connectivity index (χ1v) is 19.5. The van der Waals surface area contributed by atoms with E-state index in [1.807, 2.05) is 91.0 Å². The number of rotatable bonds is 14. The summed E-state index contributed by atoms with van der Waals surface area (Å²) in [4.78, 5) is 29.3. The van der Waals surface area contributed by atoms with Crippen molar-refractivity contribution in [3.63, 3.8) is 0 Å². The Morgan fingerprint density at radius 3 is 1.94 bits per heavy atom. The number of urea groups is 1. The van der Waals surface area contributed by atoms with E-state index in [-0.39, 0.29) is 36.7 Å². The molecule has 8 heteroatoms. The maximum Gasteiger partial charge on any atom is 0.316 e. The third-order valence-corrected chi connectivity index (χ3v) is 11.9. The summed E-state index contributed by atoms with van der Waals surface area (Å²) in [6.45, 7) is 5.08. The van der Waals surface area contributed by atoms with Crippen LogP contribution < -0.4 is 10.6 Å². The molecule has 3 aromatic carbocycles. The number of nitrogens with one attached hydrogen (secondary N) is 2. The van der Waals surface area contributed by atoms with Crippen LogP contribution in [-0.4, -0.2) is 65.4 Å². The van der Waals surface area contributed by atoms with Gasteiger partial charge in [0.2, 0.25) is 0 Å². The number of aliphatic hydroxyl groups is 1. The van der Waals surface area contributed by atoms with E-state index in [0.717, 1.165) is 81.0 Å². The highest BCUT2D eigenvalue weighted by atomic mass is 16.5. The molecule has 2 amide bonds. The van der Waals surface area contributed by atoms with Crippen LogP contribution in [0.25, 0.3) is 0 Å². The monoisotopic (exact) mass is 704 g/mol. The van der Waals surface area contributed by atoms with Crippen molar-refractivity contribution in [3.8, 4) is 6.07 Å². The van der Waals surface area contributed by atoms with Gasteiger partial charge in [-0.25, -0.2) is 4.79 Å². The average Bonchev–Trinajstić information content (AvgIpc) is 3.40. The molecule has 0 spiro atoms. The SMILES string of the molecule is CC(C)C[C@H](NC(=O)NC1CCC(CCN2[C@H]3CC[C@H]2CC(OC(=O)C(CO)c2ccccc2)C3)CC1)C(C#N)(c1ccccc1)c1ccccc1. The van der Waals surface area contributed by atoms with Gasteiger partial charge in [-0.2, -0.15) is 5.26 Å². The second-order valence-corrected chi connectivity index (χ2v) is 15.8. The number of amides is 2. The van der Waals surface area contributed by atoms with Gasteiger partial charge in [0.05, 0.1) is 18.7 Å². The van der Waals surface area contributed by atoms with Crippen LogP contribution in [0.4, 0.5) is 4.79 Å². The van der Waals surface area contributed by atoms with Gasteiger partial charge in [0.15, 0.2) is 0 Å². The van der Waals surface area contributed by atoms with Crippen molar-refractivity contribution in [3.05, 3.63) is 108 Å². The number of carbonyl (C=O) groups excluding carboxylic acids is 2. The molecular weight excluding hydrogens is 649 g/mol. The van der Waals surface area contributed by atoms with Gasteiger partial charge in [-0.15, -0.1) is 0 Å². The second kappa shape index (κ2) is 17.6. The zero-order chi connectivity index (χ0) is 36.5. The highest BCUT2D eigenvalue weighted by Gasteiger charge is 2.45. The van der Waals surface area contributed by atoms with E-state index in [0.29, 0.717) is 24.4 Å². The Bertz CT molecular complexity index is 1570. The molecule has 2 bridgehead atoms. The van der Waals surface area contributed by atoms with Gasteiger partial charge in [-0.3, -0.25) is 9.69 Å². The molecule has 3 aliphatic rings. The van der Waals surface area contributed by atoms with Crippen LogP contribution >= 0.6 is 0 Å². The number of nitriles is 1. The Hall–Kier alpha value is -4.19. The van der Waals surface area contributed by atoms with Crippen molar-refractivity contribution < 1.29 is 19.4 Å². The molecule has 2 heterocycles. The van der Waals surface area contributed by atoms with E-state index in [2.05, 4.69) is 35.5 Å². The predicted molar refractivity (Wildman–Crippen MR) is 203 cm³/mol. The van der Waals surface area contributed by atoms with Crippen molar-refractivity contribution in [1.29, 1.82) is 5.26 Å². The Morgan fingerprint density at radius 2 is 1.42 bits per heavy atom. The fraction of sp³-hybridized carbons (Fsp3) is 0.523. The molecular formula is C44H56N4O4. The first-order chi connectivity index (χ1) is 25.3. The smallest absolute Gasteiger partial charge is 0.316 e. The van der Waals surface area contributed by atoms with E-state index >= 15 is 0 Å². The minimum Gasteiger partial charge on any atom is -0.462 e. The van der Waals surface area contributed by atoms with Crippen molar-refractivity contribution in [2.24, 2.45) is 11.8 Å². The molecule has 6 rings (SSSR count). The zero-order valence-corrected chi connectivity index (χ0v) is 30.8. The van der Waals surface area contributed by atoms with E-state index in [1.54, 1.807) is 0 Å². The number of carbonyl (C=O) groups is 2. The minimum absolute atomic E-state index is 0.0921. The molecule has 52 heavy (non-hydrogen) atoms. The Morgan fingerprint density at radius 1 is 0.865 bits per heavy atom. The van der Waals surface area contributed by atoms with Gasteiger partial charge < -0.3 is 20.5 Å². The molecule has 3 aromatic rings. The van der Waals surface area contributed by atoms with E-state index < -0.39 is 17.4 Å². The number of aliphatic hydroxyl groups excluding tert-OH is 1. The lowest BCUT2D eigenvalue weighted by atomic mass is 9.68. The van der Waals surface area contributed by atoms with Crippen LogP contribution in [-0.2, 0) is 14.9 Å². The van der Waals surface area contributed by atoms with Crippen LogP contribution in [0.1, 0.15) is 101 Å². The van der Waals surface area contributed by atoms with Gasteiger partial charge in [0.1, 0.15) is 17.4 Å². The fourth-order valence-corrected chi connectivity index (χ4v) is 9.24. The number of fused-ring (bicyclic) bond motifs is 2. The van der Waals surface area contributed by atoms with E-state index in [1.165, 1.54) is 0 Å². The number of esters is 1. The van der Waals surface area contributed by atoms with Crippen molar-refractivity contribution in [2.75, 3.05) is 13.2 Å². The van der Waals surface area contributed by atoms with E-state index in [9.17, 15) is 20.0 Å². The summed E-state index contributed by atoms with van der Waals surface area (Å²) in [6, 6.07) is 32.2. The summed E-state index contributed by atoms with van der Waals surface area (Å²) in [6.07, 6.45) is 9.80. The molecule has 8 nitrogen and oxygen atoms in total. The highest BCUT2D eigenvalue weighted by Crippen LogP contribution is 2.40. The normalized spacial score (nSPS) is 24.4. The minimum atomic E-state index is -1.03. The first-order valence-electron chi connectivity index (χ1n) is 19.5. The van der Waals surface area contributed by atoms with Gasteiger partial charge >= 0.3 is 12.0 Å². The molecule has 0 radical (unpaired) electrons. The fourth-order valence-electron chi connectivity index (χ4n) is 9.24. The zero-order valence-electron chi connectivity index (χ0n) is 30.8. The summed E-state index contributed by atoms with van der Waals surface area (Å²) in [5, 5.41) is 27.4. The summed E-state index contributed by atoms with van der Waals surface area (Å²) < 4.78 is 6.00. The maximum atomic E-state index is 13.7. The lowest BCUT2D eigenvalue weighted by molar-refractivity contribution is -0.155. The Labute approximate surface area is 309 Å². The molecule has 276 valence electrons. The predicted octanol–water partition coefficient (Wildman–Crippen LogP) is 7.47. The summed E-state index contributed by atoms with van der Waals surface area (Å²) in [5.41, 5.74) is 1.53. The summed E-state index contributed by atoms with van der Waals surface area (Å²) in [5.74, 6) is -0.0555. The molecule has 3 N–H and O–H groups in total. The number of nitrogens with zero attached hydrogens (tertiary/aromatic N) is 2.